The Kier molecular flexibility index (Phi) is 4.78. The van der Waals surface area contributed by atoms with Crippen LogP contribution in [0.25, 0.3) is 0 Å². The van der Waals surface area contributed by atoms with Crippen molar-refractivity contribution in [3.05, 3.63) is 50.7 Å². The van der Waals surface area contributed by atoms with E-state index in [0.29, 0.717) is 21.4 Å². The topological polar surface area (TPSA) is 34.0 Å². The Labute approximate surface area is 136 Å². The number of anilines is 1. The minimum atomic E-state index is -0.214. The fraction of sp³-hybridized carbons (Fsp3) is 0.214. The van der Waals surface area contributed by atoms with Gasteiger partial charge < -0.3 is 9.88 Å². The summed E-state index contributed by atoms with van der Waals surface area (Å²) in [5.41, 5.74) is 1.10. The van der Waals surface area contributed by atoms with Gasteiger partial charge in [0.1, 0.15) is 5.69 Å². The van der Waals surface area contributed by atoms with E-state index in [-0.39, 0.29) is 11.9 Å². The lowest BCUT2D eigenvalue weighted by Crippen LogP contribution is -2.17. The molecule has 0 saturated heterocycles. The largest absolute Gasteiger partial charge is 0.340 e. The fourth-order valence-electron chi connectivity index (χ4n) is 1.83. The molecule has 0 aliphatic rings. The van der Waals surface area contributed by atoms with Gasteiger partial charge in [-0.15, -0.1) is 0 Å². The van der Waals surface area contributed by atoms with Crippen LogP contribution in [0.4, 0.5) is 5.69 Å². The number of nitrogens with zero attached hydrogens (tertiary/aromatic N) is 1. The van der Waals surface area contributed by atoms with Crippen molar-refractivity contribution in [1.82, 2.24) is 4.57 Å². The highest BCUT2D eigenvalue weighted by Crippen LogP contribution is 2.27. The number of aromatic nitrogens is 1. The first-order valence-electron chi connectivity index (χ1n) is 6.02. The van der Waals surface area contributed by atoms with E-state index in [1.807, 2.05) is 24.6 Å². The smallest absolute Gasteiger partial charge is 0.272 e. The number of rotatable bonds is 3. The summed E-state index contributed by atoms with van der Waals surface area (Å²) in [5, 5.41) is 3.73. The molecule has 2 rings (SSSR count). The first-order valence-corrected chi connectivity index (χ1v) is 7.57. The molecule has 0 spiro atoms. The highest BCUT2D eigenvalue weighted by molar-refractivity contribution is 9.10. The molecular weight excluding hydrogens is 363 g/mol. The predicted octanol–water partition coefficient (Wildman–Crippen LogP) is 5.39. The van der Waals surface area contributed by atoms with E-state index >= 15 is 0 Å². The number of amides is 1. The zero-order chi connectivity index (χ0) is 14.9. The summed E-state index contributed by atoms with van der Waals surface area (Å²) in [6.45, 7) is 4.02. The number of halogens is 3. The third-order valence-corrected chi connectivity index (χ3v) is 3.76. The molecule has 1 amide bonds. The van der Waals surface area contributed by atoms with Crippen LogP contribution in [-0.4, -0.2) is 10.5 Å². The second-order valence-corrected chi connectivity index (χ2v) is 6.38. The van der Waals surface area contributed by atoms with Crippen LogP contribution in [0.1, 0.15) is 30.4 Å². The van der Waals surface area contributed by atoms with E-state index in [9.17, 15) is 4.79 Å². The van der Waals surface area contributed by atoms with Gasteiger partial charge in [-0.05, 0) is 54.0 Å². The summed E-state index contributed by atoms with van der Waals surface area (Å²) in [6.07, 6.45) is 1.88. The van der Waals surface area contributed by atoms with E-state index in [1.165, 1.54) is 0 Å². The predicted molar refractivity (Wildman–Crippen MR) is 86.9 cm³/mol. The molecule has 106 valence electrons. The Morgan fingerprint density at radius 2 is 2.00 bits per heavy atom. The van der Waals surface area contributed by atoms with E-state index in [2.05, 4.69) is 21.2 Å². The van der Waals surface area contributed by atoms with Gasteiger partial charge in [-0.25, -0.2) is 0 Å². The Balaban J connectivity index is 2.28. The number of nitrogens with one attached hydrogen (secondary N) is 1. The molecule has 0 fully saturated rings. The molecule has 0 aliphatic heterocycles. The quantitative estimate of drug-likeness (QED) is 0.766. The zero-order valence-corrected chi connectivity index (χ0v) is 14.1. The molecule has 0 aliphatic carbocycles. The van der Waals surface area contributed by atoms with Crippen LogP contribution in [0.15, 0.2) is 34.9 Å². The van der Waals surface area contributed by atoms with Crippen LogP contribution in [0, 0.1) is 0 Å². The zero-order valence-electron chi connectivity index (χ0n) is 11.0. The van der Waals surface area contributed by atoms with Crippen LogP contribution < -0.4 is 5.32 Å². The van der Waals surface area contributed by atoms with Crippen molar-refractivity contribution >= 4 is 50.7 Å². The summed E-state index contributed by atoms with van der Waals surface area (Å²) in [4.78, 5) is 12.3. The van der Waals surface area contributed by atoms with Crippen molar-refractivity contribution in [3.8, 4) is 0 Å². The van der Waals surface area contributed by atoms with Crippen LogP contribution in [0.5, 0.6) is 0 Å². The number of carbonyl (C=O) groups is 1. The first-order chi connectivity index (χ1) is 9.38. The molecule has 1 heterocycles. The van der Waals surface area contributed by atoms with Gasteiger partial charge in [0, 0.05) is 21.7 Å². The summed E-state index contributed by atoms with van der Waals surface area (Å²) in [5.74, 6) is -0.214. The van der Waals surface area contributed by atoms with Gasteiger partial charge in [0.15, 0.2) is 0 Å². The number of hydrogen-bond acceptors (Lipinski definition) is 1. The molecule has 20 heavy (non-hydrogen) atoms. The highest BCUT2D eigenvalue weighted by atomic mass is 79.9. The molecule has 0 radical (unpaired) electrons. The van der Waals surface area contributed by atoms with E-state index in [1.54, 1.807) is 24.3 Å². The average molecular weight is 376 g/mol. The number of carbonyl (C=O) groups excluding carboxylic acids is 1. The van der Waals surface area contributed by atoms with Crippen LogP contribution >= 0.6 is 39.1 Å². The van der Waals surface area contributed by atoms with Gasteiger partial charge in [0.05, 0.1) is 10.7 Å². The Bertz CT molecular complexity index is 653. The molecule has 0 atom stereocenters. The third kappa shape index (κ3) is 3.37. The maximum Gasteiger partial charge on any atom is 0.272 e. The molecule has 1 aromatic heterocycles. The van der Waals surface area contributed by atoms with Crippen molar-refractivity contribution in [3.63, 3.8) is 0 Å². The van der Waals surface area contributed by atoms with Gasteiger partial charge in [-0.2, -0.15) is 0 Å². The second-order valence-electron chi connectivity index (χ2n) is 4.62. The fourth-order valence-corrected chi connectivity index (χ4v) is 2.73. The summed E-state index contributed by atoms with van der Waals surface area (Å²) in [6, 6.07) is 6.92. The Morgan fingerprint density at radius 3 is 2.60 bits per heavy atom. The standard InChI is InChI=1S/C14H13BrCl2N2O/c1-8(2)19-7-9(15)5-13(19)14(20)18-12-4-3-10(16)6-11(12)17/h3-8H,1-2H3,(H,18,20). The molecule has 2 aromatic rings. The molecule has 1 aromatic carbocycles. The Hall–Kier alpha value is -0.970. The van der Waals surface area contributed by atoms with Crippen molar-refractivity contribution < 1.29 is 4.79 Å². The maximum atomic E-state index is 12.3. The molecule has 0 saturated carbocycles. The lowest BCUT2D eigenvalue weighted by molar-refractivity contribution is 0.101. The van der Waals surface area contributed by atoms with Crippen molar-refractivity contribution in [2.45, 2.75) is 19.9 Å². The van der Waals surface area contributed by atoms with E-state index in [4.69, 9.17) is 23.2 Å². The summed E-state index contributed by atoms with van der Waals surface area (Å²) < 4.78 is 2.75. The van der Waals surface area contributed by atoms with Crippen LogP contribution in [0.3, 0.4) is 0 Å². The Morgan fingerprint density at radius 1 is 1.30 bits per heavy atom. The van der Waals surface area contributed by atoms with Crippen molar-refractivity contribution in [2.75, 3.05) is 5.32 Å². The van der Waals surface area contributed by atoms with Crippen molar-refractivity contribution in [1.29, 1.82) is 0 Å². The van der Waals surface area contributed by atoms with E-state index < -0.39 is 0 Å². The molecule has 0 bridgehead atoms. The highest BCUT2D eigenvalue weighted by Gasteiger charge is 2.16. The third-order valence-electron chi connectivity index (χ3n) is 2.78. The average Bonchev–Trinajstić information content (AvgIpc) is 2.75. The normalized spacial score (nSPS) is 10.9. The van der Waals surface area contributed by atoms with Gasteiger partial charge >= 0.3 is 0 Å². The number of benzene rings is 1. The minimum Gasteiger partial charge on any atom is -0.340 e. The number of hydrogen-bond donors (Lipinski definition) is 1. The first kappa shape index (κ1) is 15.4. The summed E-state index contributed by atoms with van der Waals surface area (Å²) >= 11 is 15.3. The maximum absolute atomic E-state index is 12.3. The lowest BCUT2D eigenvalue weighted by Gasteiger charge is -2.13. The van der Waals surface area contributed by atoms with Crippen molar-refractivity contribution in [2.24, 2.45) is 0 Å². The molecule has 0 unspecified atom stereocenters. The lowest BCUT2D eigenvalue weighted by atomic mass is 10.3. The van der Waals surface area contributed by atoms with E-state index in [0.717, 1.165) is 4.47 Å². The van der Waals surface area contributed by atoms with Gasteiger partial charge in [-0.1, -0.05) is 23.2 Å². The molecule has 3 nitrogen and oxygen atoms in total. The minimum absolute atomic E-state index is 0.183. The SMILES string of the molecule is CC(C)n1cc(Br)cc1C(=O)Nc1ccc(Cl)cc1Cl. The second kappa shape index (κ2) is 6.20. The van der Waals surface area contributed by atoms with Crippen LogP contribution in [0.2, 0.25) is 10.0 Å². The molecule has 1 N–H and O–H groups in total. The van der Waals surface area contributed by atoms with Gasteiger partial charge in [0.2, 0.25) is 0 Å². The molecular formula is C14H13BrCl2N2O. The molecule has 6 heteroatoms. The summed E-state index contributed by atoms with van der Waals surface area (Å²) in [7, 11) is 0. The monoisotopic (exact) mass is 374 g/mol. The van der Waals surface area contributed by atoms with Crippen LogP contribution in [-0.2, 0) is 0 Å². The van der Waals surface area contributed by atoms with Gasteiger partial charge in [-0.3, -0.25) is 4.79 Å². The van der Waals surface area contributed by atoms with Gasteiger partial charge in [0.25, 0.3) is 5.91 Å².